The Morgan fingerprint density at radius 2 is 2.10 bits per heavy atom. The quantitative estimate of drug-likeness (QED) is 0.932. The number of fused-ring (bicyclic) bond motifs is 1. The first kappa shape index (κ1) is 13.1. The molecule has 1 aromatic carbocycles. The van der Waals surface area contributed by atoms with Gasteiger partial charge in [0.25, 0.3) is 0 Å². The molecule has 0 bridgehead atoms. The highest BCUT2D eigenvalue weighted by Gasteiger charge is 2.32. The second kappa shape index (κ2) is 5.30. The average molecular weight is 281 g/mol. The monoisotopic (exact) mass is 281 g/mol. The lowest BCUT2D eigenvalue weighted by atomic mass is 10.0. The molecule has 3 nitrogen and oxygen atoms in total. The fourth-order valence-corrected chi connectivity index (χ4v) is 3.41. The predicted octanol–water partition coefficient (Wildman–Crippen LogP) is 3.21. The molecule has 1 aliphatic heterocycles. The van der Waals surface area contributed by atoms with Gasteiger partial charge in [0.05, 0.1) is 5.69 Å². The minimum absolute atomic E-state index is 0.539. The summed E-state index contributed by atoms with van der Waals surface area (Å²) in [6, 6.07) is 10.9. The van der Waals surface area contributed by atoms with E-state index in [1.165, 1.54) is 35.6 Å². The van der Waals surface area contributed by atoms with Crippen LogP contribution in [0.1, 0.15) is 54.4 Å². The van der Waals surface area contributed by atoms with E-state index in [2.05, 4.69) is 47.1 Å². The van der Waals surface area contributed by atoms with Gasteiger partial charge in [0.15, 0.2) is 0 Å². The van der Waals surface area contributed by atoms with Crippen LogP contribution in [-0.4, -0.2) is 16.1 Å². The molecular weight excluding hydrogens is 258 g/mol. The standard InChI is InChI=1S/C18H23N3/c1-13(14-5-3-2-4-6-14)12-21-17-9-10-19-11-16(17)20-18(21)15-7-8-15/h2-6,13,15,19H,7-12H2,1H3. The summed E-state index contributed by atoms with van der Waals surface area (Å²) >= 11 is 0. The summed E-state index contributed by atoms with van der Waals surface area (Å²) in [5.41, 5.74) is 4.21. The first-order valence-corrected chi connectivity index (χ1v) is 8.16. The van der Waals surface area contributed by atoms with E-state index in [0.717, 1.165) is 32.0 Å². The molecule has 1 aliphatic carbocycles. The fourth-order valence-electron chi connectivity index (χ4n) is 3.41. The van der Waals surface area contributed by atoms with Gasteiger partial charge in [-0.3, -0.25) is 0 Å². The van der Waals surface area contributed by atoms with Crippen molar-refractivity contribution in [3.63, 3.8) is 0 Å². The van der Waals surface area contributed by atoms with E-state index in [0.29, 0.717) is 5.92 Å². The zero-order valence-electron chi connectivity index (χ0n) is 12.7. The van der Waals surface area contributed by atoms with Gasteiger partial charge in [0, 0.05) is 37.7 Å². The van der Waals surface area contributed by atoms with Crippen LogP contribution in [0.3, 0.4) is 0 Å². The molecule has 4 rings (SSSR count). The predicted molar refractivity (Wildman–Crippen MR) is 84.5 cm³/mol. The lowest BCUT2D eigenvalue weighted by Gasteiger charge is -2.20. The van der Waals surface area contributed by atoms with Crippen LogP contribution >= 0.6 is 0 Å². The fraction of sp³-hybridized carbons (Fsp3) is 0.500. The number of benzene rings is 1. The Morgan fingerprint density at radius 1 is 1.29 bits per heavy atom. The number of aromatic nitrogens is 2. The van der Waals surface area contributed by atoms with Crippen molar-refractivity contribution in [1.82, 2.24) is 14.9 Å². The number of hydrogen-bond acceptors (Lipinski definition) is 2. The number of rotatable bonds is 4. The molecule has 2 aromatic rings. The number of imidazole rings is 1. The molecule has 2 aliphatic rings. The summed E-state index contributed by atoms with van der Waals surface area (Å²) in [5.74, 6) is 2.61. The molecule has 0 radical (unpaired) electrons. The van der Waals surface area contributed by atoms with Gasteiger partial charge in [0.1, 0.15) is 5.82 Å². The number of hydrogen-bond donors (Lipinski definition) is 1. The van der Waals surface area contributed by atoms with Crippen molar-refractivity contribution >= 4 is 0 Å². The van der Waals surface area contributed by atoms with Crippen LogP contribution in [0.4, 0.5) is 0 Å². The first-order chi connectivity index (χ1) is 10.3. The zero-order chi connectivity index (χ0) is 14.2. The molecule has 21 heavy (non-hydrogen) atoms. The van der Waals surface area contributed by atoms with Gasteiger partial charge in [-0.1, -0.05) is 37.3 Å². The van der Waals surface area contributed by atoms with Gasteiger partial charge in [-0.2, -0.15) is 0 Å². The lowest BCUT2D eigenvalue weighted by molar-refractivity contribution is 0.535. The first-order valence-electron chi connectivity index (χ1n) is 8.16. The van der Waals surface area contributed by atoms with Crippen LogP contribution in [0.2, 0.25) is 0 Å². The molecule has 0 saturated heterocycles. The minimum Gasteiger partial charge on any atom is -0.331 e. The van der Waals surface area contributed by atoms with Gasteiger partial charge in [-0.05, 0) is 24.3 Å². The molecule has 1 atom stereocenters. The summed E-state index contributed by atoms with van der Waals surface area (Å²) in [4.78, 5) is 4.96. The summed E-state index contributed by atoms with van der Waals surface area (Å²) < 4.78 is 2.55. The summed E-state index contributed by atoms with van der Waals surface area (Å²) in [7, 11) is 0. The SMILES string of the molecule is CC(Cn1c(C2CC2)nc2c1CCNC2)c1ccccc1. The maximum atomic E-state index is 4.96. The van der Waals surface area contributed by atoms with Gasteiger partial charge in [0.2, 0.25) is 0 Å². The lowest BCUT2D eigenvalue weighted by Crippen LogP contribution is -2.25. The largest absolute Gasteiger partial charge is 0.331 e. The van der Waals surface area contributed by atoms with Crippen LogP contribution in [-0.2, 0) is 19.5 Å². The van der Waals surface area contributed by atoms with Crippen LogP contribution in [0, 0.1) is 0 Å². The van der Waals surface area contributed by atoms with Crippen molar-refractivity contribution < 1.29 is 0 Å². The molecular formula is C18H23N3. The Balaban J connectivity index is 1.66. The molecule has 1 saturated carbocycles. The Hall–Kier alpha value is -1.61. The van der Waals surface area contributed by atoms with Gasteiger partial charge >= 0.3 is 0 Å². The summed E-state index contributed by atoms with van der Waals surface area (Å²) in [6.07, 6.45) is 3.77. The Kier molecular flexibility index (Phi) is 3.30. The van der Waals surface area contributed by atoms with Crippen molar-refractivity contribution in [2.24, 2.45) is 0 Å². The van der Waals surface area contributed by atoms with Crippen LogP contribution in [0.15, 0.2) is 30.3 Å². The topological polar surface area (TPSA) is 29.9 Å². The summed E-state index contributed by atoms with van der Waals surface area (Å²) in [5, 5.41) is 3.45. The average Bonchev–Trinajstić information content (AvgIpc) is 3.32. The normalized spacial score (nSPS) is 19.3. The van der Waals surface area contributed by atoms with Crippen LogP contribution < -0.4 is 5.32 Å². The molecule has 110 valence electrons. The second-order valence-electron chi connectivity index (χ2n) is 6.49. The Morgan fingerprint density at radius 3 is 2.86 bits per heavy atom. The van der Waals surface area contributed by atoms with Gasteiger partial charge in [-0.25, -0.2) is 4.98 Å². The highest BCUT2D eigenvalue weighted by Crippen LogP contribution is 2.41. The van der Waals surface area contributed by atoms with Crippen LogP contribution in [0.25, 0.3) is 0 Å². The molecule has 1 aromatic heterocycles. The molecule has 0 spiro atoms. The van der Waals surface area contributed by atoms with Gasteiger partial charge < -0.3 is 9.88 Å². The number of nitrogens with zero attached hydrogens (tertiary/aromatic N) is 2. The van der Waals surface area contributed by atoms with E-state index in [1.807, 2.05) is 0 Å². The van der Waals surface area contributed by atoms with E-state index >= 15 is 0 Å². The molecule has 1 N–H and O–H groups in total. The van der Waals surface area contributed by atoms with Crippen molar-refractivity contribution in [2.45, 2.75) is 51.1 Å². The van der Waals surface area contributed by atoms with Gasteiger partial charge in [-0.15, -0.1) is 0 Å². The van der Waals surface area contributed by atoms with E-state index < -0.39 is 0 Å². The highest BCUT2D eigenvalue weighted by molar-refractivity contribution is 5.25. The van der Waals surface area contributed by atoms with Crippen molar-refractivity contribution in [3.8, 4) is 0 Å². The third kappa shape index (κ3) is 2.51. The molecule has 0 amide bonds. The smallest absolute Gasteiger partial charge is 0.112 e. The third-order valence-corrected chi connectivity index (χ3v) is 4.78. The number of nitrogens with one attached hydrogen (secondary N) is 1. The van der Waals surface area contributed by atoms with Crippen molar-refractivity contribution in [3.05, 3.63) is 53.1 Å². The maximum absolute atomic E-state index is 4.96. The van der Waals surface area contributed by atoms with E-state index in [9.17, 15) is 0 Å². The molecule has 1 unspecified atom stereocenters. The Bertz CT molecular complexity index is 625. The minimum atomic E-state index is 0.539. The van der Waals surface area contributed by atoms with Crippen molar-refractivity contribution in [1.29, 1.82) is 0 Å². The van der Waals surface area contributed by atoms with Crippen molar-refractivity contribution in [2.75, 3.05) is 6.54 Å². The second-order valence-corrected chi connectivity index (χ2v) is 6.49. The molecule has 2 heterocycles. The Labute approximate surface area is 126 Å². The molecule has 1 fully saturated rings. The highest BCUT2D eigenvalue weighted by atomic mass is 15.1. The maximum Gasteiger partial charge on any atom is 0.112 e. The van der Waals surface area contributed by atoms with E-state index in [1.54, 1.807) is 0 Å². The van der Waals surface area contributed by atoms with E-state index in [-0.39, 0.29) is 0 Å². The zero-order valence-corrected chi connectivity index (χ0v) is 12.7. The summed E-state index contributed by atoms with van der Waals surface area (Å²) in [6.45, 7) is 5.43. The van der Waals surface area contributed by atoms with Crippen LogP contribution in [0.5, 0.6) is 0 Å². The molecule has 3 heteroatoms. The van der Waals surface area contributed by atoms with E-state index in [4.69, 9.17) is 4.98 Å². The third-order valence-electron chi connectivity index (χ3n) is 4.78.